The Kier molecular flexibility index (Phi) is 2.18. The number of rotatable bonds is 0. The summed E-state index contributed by atoms with van der Waals surface area (Å²) in [4.78, 5) is 37.3. The lowest BCUT2D eigenvalue weighted by atomic mass is 9.80. The van der Waals surface area contributed by atoms with Crippen LogP contribution in [-0.2, 0) is 14.4 Å². The molecule has 0 aromatic carbocycles. The zero-order chi connectivity index (χ0) is 13.1. The molecule has 0 radical (unpaired) electrons. The maximum atomic E-state index is 12.6. The molecule has 2 fully saturated rings. The highest BCUT2D eigenvalue weighted by molar-refractivity contribution is 6.08. The van der Waals surface area contributed by atoms with Crippen molar-refractivity contribution in [2.24, 2.45) is 11.8 Å². The van der Waals surface area contributed by atoms with Crippen molar-refractivity contribution < 1.29 is 14.4 Å². The largest absolute Gasteiger partial charge is 0.339 e. The van der Waals surface area contributed by atoms with Gasteiger partial charge in [0, 0.05) is 12.8 Å². The van der Waals surface area contributed by atoms with Crippen molar-refractivity contribution in [1.29, 1.82) is 0 Å². The van der Waals surface area contributed by atoms with Crippen LogP contribution in [0.1, 0.15) is 26.7 Å². The lowest BCUT2D eigenvalue weighted by Gasteiger charge is -2.44. The van der Waals surface area contributed by atoms with Gasteiger partial charge in [-0.05, 0) is 25.7 Å². The van der Waals surface area contributed by atoms with E-state index in [1.165, 1.54) is 6.92 Å². The fraction of sp³-hybridized carbons (Fsp3) is 0.615. The Labute approximate surface area is 105 Å². The van der Waals surface area contributed by atoms with Crippen molar-refractivity contribution in [3.05, 3.63) is 12.2 Å². The van der Waals surface area contributed by atoms with Crippen LogP contribution in [0.5, 0.6) is 0 Å². The molecule has 1 heterocycles. The van der Waals surface area contributed by atoms with Crippen LogP contribution in [0.15, 0.2) is 12.2 Å². The molecule has 1 saturated heterocycles. The van der Waals surface area contributed by atoms with E-state index in [9.17, 15) is 14.4 Å². The van der Waals surface area contributed by atoms with Crippen LogP contribution in [0.4, 0.5) is 0 Å². The van der Waals surface area contributed by atoms with E-state index in [4.69, 9.17) is 0 Å². The van der Waals surface area contributed by atoms with Crippen LogP contribution in [0.2, 0.25) is 0 Å². The van der Waals surface area contributed by atoms with Crippen molar-refractivity contribution >= 4 is 17.7 Å². The van der Waals surface area contributed by atoms with Crippen molar-refractivity contribution in [3.63, 3.8) is 0 Å². The second-order valence-corrected chi connectivity index (χ2v) is 5.52. The average molecular weight is 248 g/mol. The molecule has 3 rings (SSSR count). The Morgan fingerprint density at radius 3 is 2.67 bits per heavy atom. The summed E-state index contributed by atoms with van der Waals surface area (Å²) in [6.07, 6.45) is 5.62. The van der Waals surface area contributed by atoms with Gasteiger partial charge in [0.1, 0.15) is 11.6 Å². The molecule has 1 spiro atoms. The highest BCUT2D eigenvalue weighted by Crippen LogP contribution is 2.48. The van der Waals surface area contributed by atoms with E-state index in [1.54, 1.807) is 6.92 Å². The van der Waals surface area contributed by atoms with Gasteiger partial charge in [-0.3, -0.25) is 19.3 Å². The van der Waals surface area contributed by atoms with Crippen molar-refractivity contribution in [1.82, 2.24) is 10.2 Å². The first-order chi connectivity index (χ1) is 8.45. The van der Waals surface area contributed by atoms with Gasteiger partial charge in [-0.25, -0.2) is 0 Å². The summed E-state index contributed by atoms with van der Waals surface area (Å²) in [6.45, 7) is 2.92. The lowest BCUT2D eigenvalue weighted by Crippen LogP contribution is -2.71. The molecule has 0 aromatic heterocycles. The van der Waals surface area contributed by atoms with Crippen LogP contribution < -0.4 is 5.32 Å². The van der Waals surface area contributed by atoms with E-state index in [2.05, 4.69) is 11.4 Å². The topological polar surface area (TPSA) is 66.5 Å². The van der Waals surface area contributed by atoms with Crippen LogP contribution in [-0.4, -0.2) is 34.2 Å². The van der Waals surface area contributed by atoms with Gasteiger partial charge in [0.2, 0.25) is 11.8 Å². The van der Waals surface area contributed by atoms with Crippen molar-refractivity contribution in [2.45, 2.75) is 38.3 Å². The second-order valence-electron chi connectivity index (χ2n) is 5.52. The number of nitrogens with one attached hydrogen (secondary N) is 1. The highest BCUT2D eigenvalue weighted by Gasteiger charge is 2.59. The van der Waals surface area contributed by atoms with Crippen molar-refractivity contribution in [2.75, 3.05) is 0 Å². The molecule has 2 bridgehead atoms. The molecular formula is C13H16N2O3. The third kappa shape index (κ3) is 1.24. The minimum absolute atomic E-state index is 0.0355. The third-order valence-electron chi connectivity index (χ3n) is 4.44. The molecular weight excluding hydrogens is 232 g/mol. The second kappa shape index (κ2) is 3.43. The van der Waals surface area contributed by atoms with Crippen LogP contribution >= 0.6 is 0 Å². The molecule has 5 nitrogen and oxygen atoms in total. The number of carbonyl (C=O) groups excluding carboxylic acids is 3. The number of nitrogens with zero attached hydrogens (tertiary/aromatic N) is 1. The number of carbonyl (C=O) groups is 3. The summed E-state index contributed by atoms with van der Waals surface area (Å²) in [5, 5.41) is 2.87. The Balaban J connectivity index is 2.02. The number of hydrogen-bond acceptors (Lipinski definition) is 3. The zero-order valence-corrected chi connectivity index (χ0v) is 10.5. The van der Waals surface area contributed by atoms with Crippen LogP contribution in [0.25, 0.3) is 0 Å². The molecule has 0 unspecified atom stereocenters. The summed E-state index contributed by atoms with van der Waals surface area (Å²) in [5.74, 6) is -0.437. The number of allylic oxidation sites excluding steroid dienone is 1. The monoisotopic (exact) mass is 248 g/mol. The van der Waals surface area contributed by atoms with Gasteiger partial charge in [-0.1, -0.05) is 12.2 Å². The van der Waals surface area contributed by atoms with E-state index >= 15 is 0 Å². The molecule has 96 valence electrons. The average Bonchev–Trinajstić information content (AvgIpc) is 2.87. The number of piperazine rings is 1. The van der Waals surface area contributed by atoms with E-state index in [1.807, 2.05) is 6.08 Å². The zero-order valence-electron chi connectivity index (χ0n) is 10.5. The molecule has 18 heavy (non-hydrogen) atoms. The minimum atomic E-state index is -0.866. The number of fused-ring (bicyclic) bond motifs is 3. The Morgan fingerprint density at radius 1 is 1.44 bits per heavy atom. The van der Waals surface area contributed by atoms with E-state index in [-0.39, 0.29) is 23.6 Å². The van der Waals surface area contributed by atoms with Gasteiger partial charge in [-0.15, -0.1) is 0 Å². The van der Waals surface area contributed by atoms with Gasteiger partial charge in [-0.2, -0.15) is 0 Å². The fourth-order valence-electron chi connectivity index (χ4n) is 3.55. The molecule has 1 saturated carbocycles. The molecule has 3 aliphatic rings. The Bertz CT molecular complexity index is 485. The quantitative estimate of drug-likeness (QED) is 0.623. The molecule has 4 atom stereocenters. The first-order valence-electron chi connectivity index (χ1n) is 6.30. The maximum Gasteiger partial charge on any atom is 0.256 e. The minimum Gasteiger partial charge on any atom is -0.339 e. The molecule has 3 amide bonds. The van der Waals surface area contributed by atoms with Gasteiger partial charge >= 0.3 is 0 Å². The number of hydrogen-bond donors (Lipinski definition) is 1. The Hall–Kier alpha value is -1.65. The maximum absolute atomic E-state index is 12.6. The van der Waals surface area contributed by atoms with Gasteiger partial charge < -0.3 is 5.32 Å². The summed E-state index contributed by atoms with van der Waals surface area (Å²) in [5.41, 5.74) is -0.866. The van der Waals surface area contributed by atoms with E-state index in [0.29, 0.717) is 12.3 Å². The predicted octanol–water partition coefficient (Wildman–Crippen LogP) is 0.215. The van der Waals surface area contributed by atoms with Gasteiger partial charge in [0.25, 0.3) is 5.91 Å². The summed E-state index contributed by atoms with van der Waals surface area (Å²) in [7, 11) is 0. The molecule has 0 aromatic rings. The normalized spacial score (nSPS) is 41.7. The molecule has 1 N–H and O–H groups in total. The summed E-state index contributed by atoms with van der Waals surface area (Å²) >= 11 is 0. The fourth-order valence-corrected chi connectivity index (χ4v) is 3.55. The van der Waals surface area contributed by atoms with E-state index in [0.717, 1.165) is 11.3 Å². The number of imide groups is 1. The SMILES string of the molecule is CC(=O)N1C(=O)[C@]2(C[C@@H]3C=C[C@H]2C3)NC(=O)[C@@H]1C. The highest BCUT2D eigenvalue weighted by atomic mass is 16.2. The van der Waals surface area contributed by atoms with Crippen LogP contribution in [0, 0.1) is 11.8 Å². The standard InChI is InChI=1S/C13H16N2O3/c1-7-11(17)14-13(12(18)15(7)8(2)16)6-9-3-4-10(13)5-9/h3-4,7,9-10H,5-6H2,1-2H3,(H,14,17)/t7-,9+,10-,13+/m0/s1. The Morgan fingerprint density at radius 2 is 2.17 bits per heavy atom. The third-order valence-corrected chi connectivity index (χ3v) is 4.44. The first-order valence-corrected chi connectivity index (χ1v) is 6.30. The van der Waals surface area contributed by atoms with Gasteiger partial charge in [0.05, 0.1) is 0 Å². The summed E-state index contributed by atoms with van der Waals surface area (Å²) in [6, 6.07) is -0.705. The van der Waals surface area contributed by atoms with Crippen molar-refractivity contribution in [3.8, 4) is 0 Å². The smallest absolute Gasteiger partial charge is 0.256 e. The first kappa shape index (κ1) is 11.4. The molecule has 2 aliphatic carbocycles. The van der Waals surface area contributed by atoms with E-state index < -0.39 is 11.6 Å². The molecule has 5 heteroatoms. The van der Waals surface area contributed by atoms with Gasteiger partial charge in [0.15, 0.2) is 0 Å². The van der Waals surface area contributed by atoms with Crippen LogP contribution in [0.3, 0.4) is 0 Å². The molecule has 1 aliphatic heterocycles. The number of amides is 3. The lowest BCUT2D eigenvalue weighted by molar-refractivity contribution is -0.162. The summed E-state index contributed by atoms with van der Waals surface area (Å²) < 4.78 is 0. The predicted molar refractivity (Wildman–Crippen MR) is 63.2 cm³/mol.